The number of ether oxygens (including phenoxy) is 2. The van der Waals surface area contributed by atoms with Gasteiger partial charge in [-0.15, -0.1) is 0 Å². The Kier molecular flexibility index (Phi) is 7.92. The molecule has 0 radical (unpaired) electrons. The lowest BCUT2D eigenvalue weighted by Gasteiger charge is -2.40. The lowest BCUT2D eigenvalue weighted by Crippen LogP contribution is -2.32. The van der Waals surface area contributed by atoms with Gasteiger partial charge < -0.3 is 14.4 Å². The van der Waals surface area contributed by atoms with Gasteiger partial charge in [-0.2, -0.15) is 0 Å². The molecule has 69 heavy (non-hydrogen) atoms. The van der Waals surface area contributed by atoms with Gasteiger partial charge in [0.2, 0.25) is 0 Å². The van der Waals surface area contributed by atoms with Gasteiger partial charge in [-0.1, -0.05) is 194 Å². The van der Waals surface area contributed by atoms with Gasteiger partial charge in [0.25, 0.3) is 0 Å². The lowest BCUT2D eigenvalue weighted by atomic mass is 9.65. The molecule has 0 amide bonds. The van der Waals surface area contributed by atoms with Crippen LogP contribution in [0.3, 0.4) is 0 Å². The summed E-state index contributed by atoms with van der Waals surface area (Å²) in [4.78, 5) is 2.50. The van der Waals surface area contributed by atoms with Crippen LogP contribution in [-0.4, -0.2) is 0 Å². The van der Waals surface area contributed by atoms with Crippen LogP contribution in [0.4, 0.5) is 17.1 Å². The van der Waals surface area contributed by atoms with Crippen molar-refractivity contribution in [2.45, 2.75) is 10.8 Å². The van der Waals surface area contributed by atoms with E-state index in [1.807, 2.05) is 0 Å². The summed E-state index contributed by atoms with van der Waals surface area (Å²) in [7, 11) is 0. The molecule has 2 heterocycles. The van der Waals surface area contributed by atoms with E-state index in [-0.39, 0.29) is 0 Å². The zero-order valence-electron chi connectivity index (χ0n) is 37.4. The second-order valence-electron chi connectivity index (χ2n) is 18.6. The van der Waals surface area contributed by atoms with Crippen LogP contribution in [0.5, 0.6) is 23.0 Å². The zero-order valence-corrected chi connectivity index (χ0v) is 37.4. The third-order valence-corrected chi connectivity index (χ3v) is 15.4. The molecule has 2 aliphatic heterocycles. The number of fused-ring (bicyclic) bond motifs is 20. The molecule has 0 saturated heterocycles. The quantitative estimate of drug-likeness (QED) is 0.176. The molecule has 0 aromatic heterocycles. The van der Waals surface area contributed by atoms with Crippen molar-refractivity contribution in [1.82, 2.24) is 0 Å². The molecule has 3 nitrogen and oxygen atoms in total. The standard InChI is InChI=1S/C66H41NO2/c1-2-18-42(19-3-1)46-21-7-13-29-59(46)67(44-35-38-49-48-23-6-8-24-52(48)65(57(49)40-44)53-25-9-14-30-60(53)68-61-31-15-10-26-54(61)65)45-36-39-50-51-37-34-43-20-4-5-22-47(43)64(51)66(58(50)41-45)55-27-11-16-32-62(55)69-63-33-17-12-28-56(63)66/h1-41H. The number of benzene rings is 11. The van der Waals surface area contributed by atoms with Gasteiger partial charge in [0, 0.05) is 39.2 Å². The molecule has 2 spiro atoms. The fourth-order valence-electron chi connectivity index (χ4n) is 12.7. The molecule has 322 valence electrons. The number of para-hydroxylation sites is 5. The van der Waals surface area contributed by atoms with Gasteiger partial charge in [0.15, 0.2) is 0 Å². The summed E-state index contributed by atoms with van der Waals surface area (Å²) in [6.45, 7) is 0. The van der Waals surface area contributed by atoms with Crippen LogP contribution in [0.2, 0.25) is 0 Å². The average Bonchev–Trinajstić information content (AvgIpc) is 3.87. The summed E-state index contributed by atoms with van der Waals surface area (Å²) >= 11 is 0. The Morgan fingerprint density at radius 3 is 1.35 bits per heavy atom. The zero-order chi connectivity index (χ0) is 45.3. The molecule has 2 aliphatic carbocycles. The fraction of sp³-hybridized carbons (Fsp3) is 0.0303. The summed E-state index contributed by atoms with van der Waals surface area (Å²) in [6.07, 6.45) is 0. The van der Waals surface area contributed by atoms with Crippen molar-refractivity contribution in [2.24, 2.45) is 0 Å². The molecule has 0 bridgehead atoms. The Morgan fingerprint density at radius 1 is 0.290 bits per heavy atom. The van der Waals surface area contributed by atoms with E-state index < -0.39 is 10.8 Å². The number of anilines is 3. The Hall–Kier alpha value is -8.92. The van der Waals surface area contributed by atoms with Crippen LogP contribution >= 0.6 is 0 Å². The summed E-state index contributed by atoms with van der Waals surface area (Å²) in [6, 6.07) is 91.1. The summed E-state index contributed by atoms with van der Waals surface area (Å²) in [5.41, 5.74) is 18.7. The van der Waals surface area contributed by atoms with E-state index in [0.717, 1.165) is 73.4 Å². The van der Waals surface area contributed by atoms with Crippen LogP contribution in [0, 0.1) is 0 Å². The van der Waals surface area contributed by atoms with Crippen LogP contribution in [0.25, 0.3) is 44.2 Å². The van der Waals surface area contributed by atoms with Gasteiger partial charge in [-0.25, -0.2) is 0 Å². The maximum Gasteiger partial charge on any atom is 0.132 e. The molecule has 0 N–H and O–H groups in total. The first-order chi connectivity index (χ1) is 34.2. The third kappa shape index (κ3) is 5.06. The highest BCUT2D eigenvalue weighted by Gasteiger charge is 2.53. The van der Waals surface area contributed by atoms with E-state index in [4.69, 9.17) is 9.47 Å². The molecular formula is C66H41NO2. The average molecular weight is 880 g/mol. The van der Waals surface area contributed by atoms with Crippen molar-refractivity contribution < 1.29 is 9.47 Å². The molecular weight excluding hydrogens is 839 g/mol. The first-order valence-corrected chi connectivity index (χ1v) is 23.8. The van der Waals surface area contributed by atoms with E-state index in [1.165, 1.54) is 55.3 Å². The van der Waals surface area contributed by atoms with Crippen LogP contribution < -0.4 is 14.4 Å². The SMILES string of the molecule is c1ccc(-c2ccccc2N(c2ccc3c(c2)C2(c4ccccc4Oc4ccccc42)c2ccccc2-3)c2ccc3c(c2)C2(c4ccccc4Oc4ccccc42)c2c-3ccc3ccccc23)cc1. The maximum absolute atomic E-state index is 6.84. The normalized spacial score (nSPS) is 14.3. The predicted octanol–water partition coefficient (Wildman–Crippen LogP) is 16.9. The Balaban J connectivity index is 1.04. The third-order valence-electron chi connectivity index (χ3n) is 15.4. The minimum Gasteiger partial charge on any atom is -0.457 e. The van der Waals surface area contributed by atoms with Gasteiger partial charge in [-0.3, -0.25) is 0 Å². The van der Waals surface area contributed by atoms with Gasteiger partial charge in [0.05, 0.1) is 16.5 Å². The molecule has 0 atom stereocenters. The smallest absolute Gasteiger partial charge is 0.132 e. The maximum atomic E-state index is 6.84. The summed E-state index contributed by atoms with van der Waals surface area (Å²) < 4.78 is 13.6. The molecule has 11 aromatic rings. The van der Waals surface area contributed by atoms with E-state index in [2.05, 4.69) is 254 Å². The minimum absolute atomic E-state index is 0.627. The molecule has 11 aromatic carbocycles. The van der Waals surface area contributed by atoms with Crippen molar-refractivity contribution in [1.29, 1.82) is 0 Å². The molecule has 3 heteroatoms. The van der Waals surface area contributed by atoms with Crippen LogP contribution in [-0.2, 0) is 10.8 Å². The van der Waals surface area contributed by atoms with Crippen molar-refractivity contribution >= 4 is 27.8 Å². The monoisotopic (exact) mass is 879 g/mol. The second-order valence-corrected chi connectivity index (χ2v) is 18.6. The number of nitrogens with zero attached hydrogens (tertiary/aromatic N) is 1. The minimum atomic E-state index is -0.684. The first kappa shape index (κ1) is 38.2. The van der Waals surface area contributed by atoms with E-state index in [0.29, 0.717) is 0 Å². The van der Waals surface area contributed by atoms with E-state index in [1.54, 1.807) is 0 Å². The highest BCUT2D eigenvalue weighted by atomic mass is 16.5. The van der Waals surface area contributed by atoms with Crippen molar-refractivity contribution in [3.8, 4) is 56.4 Å². The fourth-order valence-corrected chi connectivity index (χ4v) is 12.7. The molecule has 0 fully saturated rings. The molecule has 0 saturated carbocycles. The highest BCUT2D eigenvalue weighted by Crippen LogP contribution is 2.66. The summed E-state index contributed by atoms with van der Waals surface area (Å²) in [5.74, 6) is 3.51. The van der Waals surface area contributed by atoms with Crippen LogP contribution in [0.1, 0.15) is 44.5 Å². The summed E-state index contributed by atoms with van der Waals surface area (Å²) in [5, 5.41) is 2.46. The molecule has 4 aliphatic rings. The van der Waals surface area contributed by atoms with E-state index >= 15 is 0 Å². The van der Waals surface area contributed by atoms with Crippen molar-refractivity contribution in [3.63, 3.8) is 0 Å². The number of hydrogen-bond acceptors (Lipinski definition) is 3. The van der Waals surface area contributed by atoms with Gasteiger partial charge in [0.1, 0.15) is 23.0 Å². The van der Waals surface area contributed by atoms with E-state index in [9.17, 15) is 0 Å². The largest absolute Gasteiger partial charge is 0.457 e. The van der Waals surface area contributed by atoms with Gasteiger partial charge >= 0.3 is 0 Å². The Labute approximate surface area is 400 Å². The van der Waals surface area contributed by atoms with Crippen molar-refractivity contribution in [2.75, 3.05) is 4.90 Å². The highest BCUT2D eigenvalue weighted by molar-refractivity contribution is 6.02. The number of rotatable bonds is 4. The number of hydrogen-bond donors (Lipinski definition) is 0. The molecule has 15 rings (SSSR count). The van der Waals surface area contributed by atoms with Crippen molar-refractivity contribution in [3.05, 3.63) is 293 Å². The topological polar surface area (TPSA) is 21.7 Å². The van der Waals surface area contributed by atoms with Crippen LogP contribution in [0.15, 0.2) is 249 Å². The second kappa shape index (κ2) is 14.3. The van der Waals surface area contributed by atoms with Gasteiger partial charge in [-0.05, 0) is 115 Å². The predicted molar refractivity (Wildman–Crippen MR) is 279 cm³/mol. The Morgan fingerprint density at radius 2 is 0.725 bits per heavy atom. The Bertz CT molecular complexity index is 3850. The molecule has 0 unspecified atom stereocenters. The first-order valence-electron chi connectivity index (χ1n) is 23.8. The lowest BCUT2D eigenvalue weighted by molar-refractivity contribution is 0.436.